The van der Waals surface area contributed by atoms with Crippen LogP contribution in [0.15, 0.2) is 72.2 Å². The molecule has 0 amide bonds. The molecule has 0 bridgehead atoms. The van der Waals surface area contributed by atoms with Gasteiger partial charge in [0.05, 0.1) is 0 Å². The first-order chi connectivity index (χ1) is 12.0. The number of nitrogens with one attached hydrogen (secondary N) is 2. The van der Waals surface area contributed by atoms with Gasteiger partial charge in [-0.15, -0.1) is 0 Å². The maximum atomic E-state index is 11.3. The first-order valence-electron chi connectivity index (χ1n) is 8.72. The van der Waals surface area contributed by atoms with Crippen molar-refractivity contribution in [2.75, 3.05) is 0 Å². The summed E-state index contributed by atoms with van der Waals surface area (Å²) in [7, 11) is 0. The molecule has 151 valence electrons. The van der Waals surface area contributed by atoms with E-state index in [4.69, 9.17) is 0 Å². The third kappa shape index (κ3) is 11.3. The van der Waals surface area contributed by atoms with E-state index in [1.807, 2.05) is 12.2 Å². The summed E-state index contributed by atoms with van der Waals surface area (Å²) in [5.41, 5.74) is 1.42. The molecule has 1 radical (unpaired) electrons. The van der Waals surface area contributed by atoms with Crippen LogP contribution in [0.25, 0.3) is 0 Å². The van der Waals surface area contributed by atoms with Crippen molar-refractivity contribution in [2.24, 2.45) is 0 Å². The topological polar surface area (TPSA) is 58.2 Å². The van der Waals surface area contributed by atoms with E-state index in [2.05, 4.69) is 52.2 Å². The second kappa shape index (κ2) is 10.9. The van der Waals surface area contributed by atoms with Crippen molar-refractivity contribution in [3.05, 3.63) is 72.2 Å². The van der Waals surface area contributed by atoms with Gasteiger partial charge in [-0.05, 0) is 65.8 Å². The van der Waals surface area contributed by atoms with Crippen LogP contribution in [-0.4, -0.2) is 22.6 Å². The average molecular weight is 418 g/mol. The molecule has 2 N–H and O–H groups in total. The Morgan fingerprint density at radius 2 is 0.926 bits per heavy atom. The fourth-order valence-corrected chi connectivity index (χ4v) is 1.79. The Morgan fingerprint density at radius 1 is 0.630 bits per heavy atom. The Labute approximate surface area is 173 Å². The van der Waals surface area contributed by atoms with Crippen LogP contribution >= 0.6 is 0 Å². The second-order valence-electron chi connectivity index (χ2n) is 8.15. The van der Waals surface area contributed by atoms with E-state index < -0.39 is 0 Å². The Bertz CT molecular complexity index is 648. The molecule has 0 heterocycles. The van der Waals surface area contributed by atoms with Crippen LogP contribution < -0.4 is 10.6 Å². The number of carbonyl (C=O) groups is 2. The zero-order valence-electron chi connectivity index (χ0n) is 16.9. The van der Waals surface area contributed by atoms with Crippen molar-refractivity contribution >= 4 is 11.6 Å². The van der Waals surface area contributed by atoms with E-state index in [-0.39, 0.29) is 39.7 Å². The van der Waals surface area contributed by atoms with Gasteiger partial charge in [-0.3, -0.25) is 9.59 Å². The Morgan fingerprint density at radius 3 is 1.19 bits per heavy atom. The van der Waals surface area contributed by atoms with Crippen molar-refractivity contribution in [3.63, 3.8) is 0 Å². The fourth-order valence-electron chi connectivity index (χ4n) is 1.79. The molecule has 4 nitrogen and oxygen atoms in total. The standard InChI is InChI=1S/2C11H15NO.Cu/c2*1-11(2,3)12-8-9-6-4-5-7-10(9)13;/h2*4-8,12H,1-3H3;/b2*9-8+;. The van der Waals surface area contributed by atoms with E-state index in [1.54, 1.807) is 48.9 Å². The van der Waals surface area contributed by atoms with Gasteiger partial charge >= 0.3 is 0 Å². The summed E-state index contributed by atoms with van der Waals surface area (Å²) in [6, 6.07) is 0. The summed E-state index contributed by atoms with van der Waals surface area (Å²) in [6.07, 6.45) is 17.5. The molecule has 0 aromatic heterocycles. The van der Waals surface area contributed by atoms with Crippen LogP contribution in [0.1, 0.15) is 41.5 Å². The second-order valence-corrected chi connectivity index (χ2v) is 8.15. The molecule has 0 aromatic rings. The average Bonchev–Trinajstić information content (AvgIpc) is 2.52. The van der Waals surface area contributed by atoms with E-state index in [0.717, 1.165) is 0 Å². The summed E-state index contributed by atoms with van der Waals surface area (Å²) < 4.78 is 0. The van der Waals surface area contributed by atoms with Gasteiger partial charge in [-0.25, -0.2) is 0 Å². The molecule has 0 spiro atoms. The van der Waals surface area contributed by atoms with Gasteiger partial charge in [-0.2, -0.15) is 0 Å². The minimum atomic E-state index is 0. The molecule has 0 aliphatic heterocycles. The number of rotatable bonds is 2. The number of carbonyl (C=O) groups excluding carboxylic acids is 2. The van der Waals surface area contributed by atoms with Crippen LogP contribution in [0.3, 0.4) is 0 Å². The predicted octanol–water partition coefficient (Wildman–Crippen LogP) is 3.90. The summed E-state index contributed by atoms with van der Waals surface area (Å²) >= 11 is 0. The number of hydrogen-bond acceptors (Lipinski definition) is 4. The number of ketones is 2. The van der Waals surface area contributed by atoms with E-state index in [1.165, 1.54) is 0 Å². The molecule has 5 heteroatoms. The van der Waals surface area contributed by atoms with Crippen LogP contribution in [0.2, 0.25) is 0 Å². The molecule has 0 saturated carbocycles. The SMILES string of the molecule is CC(C)(C)N/C=C1\C=CC=CC1=O.CC(C)(C)N/C=C1\C=CC=CC1=O.[Cu]. The summed E-state index contributed by atoms with van der Waals surface area (Å²) in [4.78, 5) is 22.5. The molecule has 0 fully saturated rings. The number of hydrogen-bond donors (Lipinski definition) is 2. The molecule has 0 saturated heterocycles. The number of allylic oxidation sites excluding steroid dienone is 10. The van der Waals surface area contributed by atoms with Crippen LogP contribution in [-0.2, 0) is 26.7 Å². The van der Waals surface area contributed by atoms with Crippen molar-refractivity contribution in [1.82, 2.24) is 10.6 Å². The van der Waals surface area contributed by atoms with Gasteiger partial charge in [0.25, 0.3) is 0 Å². The van der Waals surface area contributed by atoms with Crippen LogP contribution in [0, 0.1) is 0 Å². The first-order valence-corrected chi connectivity index (χ1v) is 8.72. The van der Waals surface area contributed by atoms with Gasteiger partial charge in [-0.1, -0.05) is 24.3 Å². The fraction of sp³-hybridized carbons (Fsp3) is 0.364. The molecule has 2 aliphatic rings. The minimum absolute atomic E-state index is 0. The maximum Gasteiger partial charge on any atom is 0.187 e. The smallest absolute Gasteiger partial charge is 0.187 e. The van der Waals surface area contributed by atoms with Gasteiger partial charge in [0, 0.05) is 51.7 Å². The normalized spacial score (nSPS) is 18.9. The van der Waals surface area contributed by atoms with Crippen LogP contribution in [0.5, 0.6) is 0 Å². The van der Waals surface area contributed by atoms with E-state index in [0.29, 0.717) is 11.1 Å². The monoisotopic (exact) mass is 417 g/mol. The summed E-state index contributed by atoms with van der Waals surface area (Å²) in [5, 5.41) is 6.31. The quantitative estimate of drug-likeness (QED) is 0.528. The van der Waals surface area contributed by atoms with Crippen molar-refractivity contribution in [1.29, 1.82) is 0 Å². The first kappa shape index (κ1) is 24.9. The van der Waals surface area contributed by atoms with Crippen molar-refractivity contribution < 1.29 is 26.7 Å². The molecule has 27 heavy (non-hydrogen) atoms. The molecular weight excluding hydrogens is 388 g/mol. The summed E-state index contributed by atoms with van der Waals surface area (Å²) in [6.45, 7) is 12.3. The minimum Gasteiger partial charge on any atom is -0.386 e. The predicted molar refractivity (Wildman–Crippen MR) is 109 cm³/mol. The Balaban J connectivity index is 0.000000483. The Kier molecular flexibility index (Phi) is 10.1. The zero-order valence-corrected chi connectivity index (χ0v) is 17.8. The molecule has 2 rings (SSSR count). The van der Waals surface area contributed by atoms with Gasteiger partial charge in [0.15, 0.2) is 11.6 Å². The maximum absolute atomic E-state index is 11.3. The molecule has 0 atom stereocenters. The largest absolute Gasteiger partial charge is 0.386 e. The van der Waals surface area contributed by atoms with E-state index in [9.17, 15) is 9.59 Å². The van der Waals surface area contributed by atoms with Gasteiger partial charge in [0.2, 0.25) is 0 Å². The van der Waals surface area contributed by atoms with E-state index >= 15 is 0 Å². The Hall–Kier alpha value is -2.10. The van der Waals surface area contributed by atoms with Crippen molar-refractivity contribution in [3.8, 4) is 0 Å². The molecular formula is C22H30CuN2O2. The zero-order chi connectivity index (χ0) is 19.8. The van der Waals surface area contributed by atoms with Crippen LogP contribution in [0.4, 0.5) is 0 Å². The third-order valence-electron chi connectivity index (χ3n) is 3.16. The summed E-state index contributed by atoms with van der Waals surface area (Å²) in [5.74, 6) is 0.110. The molecule has 0 unspecified atom stereocenters. The van der Waals surface area contributed by atoms with Crippen molar-refractivity contribution in [2.45, 2.75) is 52.6 Å². The molecule has 0 aromatic carbocycles. The molecule has 2 aliphatic carbocycles. The van der Waals surface area contributed by atoms with Gasteiger partial charge < -0.3 is 10.6 Å². The van der Waals surface area contributed by atoms with Gasteiger partial charge in [0.1, 0.15) is 0 Å². The third-order valence-corrected chi connectivity index (χ3v) is 3.16.